The first-order valence-corrected chi connectivity index (χ1v) is 8.80. The average molecular weight is 355 g/mol. The van der Waals surface area contributed by atoms with E-state index in [9.17, 15) is 19.2 Å². The van der Waals surface area contributed by atoms with Gasteiger partial charge in [-0.2, -0.15) is 0 Å². The van der Waals surface area contributed by atoms with Crippen molar-refractivity contribution < 1.29 is 28.7 Å². The maximum Gasteiger partial charge on any atom is 0.329 e. The molecule has 25 heavy (non-hydrogen) atoms. The molecule has 1 fully saturated rings. The van der Waals surface area contributed by atoms with E-state index in [0.29, 0.717) is 25.7 Å². The maximum absolute atomic E-state index is 12.2. The lowest BCUT2D eigenvalue weighted by atomic mass is 10.1. The Hall–Kier alpha value is -1.92. The van der Waals surface area contributed by atoms with Gasteiger partial charge in [0.15, 0.2) is 0 Å². The standard InChI is InChI=1S/C18H29NO6/c1-18(2,3)25-16(22)10-8-6-5-7-9-14(20)19-13(17(23)24-4)11-12-15(19)21/h13H,5-12H2,1-4H3/t13-/m0/s1. The van der Waals surface area contributed by atoms with Crippen LogP contribution in [0, 0.1) is 0 Å². The van der Waals surface area contributed by atoms with Crippen molar-refractivity contribution in [1.29, 1.82) is 0 Å². The number of esters is 2. The molecule has 2 amide bonds. The molecule has 1 rings (SSSR count). The van der Waals surface area contributed by atoms with Crippen molar-refractivity contribution in [3.05, 3.63) is 0 Å². The minimum Gasteiger partial charge on any atom is -0.467 e. The van der Waals surface area contributed by atoms with Gasteiger partial charge in [0.05, 0.1) is 7.11 Å². The van der Waals surface area contributed by atoms with Crippen LogP contribution in [-0.2, 0) is 28.7 Å². The van der Waals surface area contributed by atoms with Gasteiger partial charge in [0.2, 0.25) is 11.8 Å². The number of hydrogen-bond donors (Lipinski definition) is 0. The number of unbranched alkanes of at least 4 members (excludes halogenated alkanes) is 3. The van der Waals surface area contributed by atoms with Crippen LogP contribution in [0.2, 0.25) is 0 Å². The van der Waals surface area contributed by atoms with Crippen molar-refractivity contribution in [2.45, 2.75) is 83.8 Å². The highest BCUT2D eigenvalue weighted by Gasteiger charge is 2.40. The summed E-state index contributed by atoms with van der Waals surface area (Å²) in [5.74, 6) is -1.40. The van der Waals surface area contributed by atoms with Crippen molar-refractivity contribution in [3.63, 3.8) is 0 Å². The molecule has 0 aromatic rings. The Morgan fingerprint density at radius 3 is 2.24 bits per heavy atom. The van der Waals surface area contributed by atoms with Crippen LogP contribution in [0.5, 0.6) is 0 Å². The molecule has 0 radical (unpaired) electrons. The summed E-state index contributed by atoms with van der Waals surface area (Å²) in [6.45, 7) is 5.49. The summed E-state index contributed by atoms with van der Waals surface area (Å²) < 4.78 is 9.87. The molecule has 7 heteroatoms. The molecule has 0 aliphatic carbocycles. The predicted molar refractivity (Wildman–Crippen MR) is 90.4 cm³/mol. The van der Waals surface area contributed by atoms with Crippen molar-refractivity contribution in [3.8, 4) is 0 Å². The summed E-state index contributed by atoms with van der Waals surface area (Å²) in [5, 5.41) is 0. The highest BCUT2D eigenvalue weighted by atomic mass is 16.6. The molecule has 0 saturated carbocycles. The molecule has 0 aromatic carbocycles. The molecule has 0 bridgehead atoms. The second-order valence-corrected chi connectivity index (χ2v) is 7.24. The minimum atomic E-state index is -0.780. The Morgan fingerprint density at radius 2 is 1.68 bits per heavy atom. The molecular formula is C18H29NO6. The molecule has 0 aromatic heterocycles. The number of likely N-dealkylation sites (tertiary alicyclic amines) is 1. The molecule has 0 unspecified atom stereocenters. The van der Waals surface area contributed by atoms with Crippen LogP contribution in [0.15, 0.2) is 0 Å². The van der Waals surface area contributed by atoms with Gasteiger partial charge in [0.25, 0.3) is 0 Å². The molecular weight excluding hydrogens is 326 g/mol. The van der Waals surface area contributed by atoms with E-state index >= 15 is 0 Å². The minimum absolute atomic E-state index is 0.196. The first-order valence-electron chi connectivity index (χ1n) is 8.80. The van der Waals surface area contributed by atoms with E-state index in [1.54, 1.807) is 0 Å². The quantitative estimate of drug-likeness (QED) is 0.490. The topological polar surface area (TPSA) is 90.0 Å². The molecule has 0 spiro atoms. The summed E-state index contributed by atoms with van der Waals surface area (Å²) >= 11 is 0. The Morgan fingerprint density at radius 1 is 1.08 bits per heavy atom. The van der Waals surface area contributed by atoms with Gasteiger partial charge in [0.1, 0.15) is 11.6 Å². The first-order chi connectivity index (χ1) is 11.7. The largest absolute Gasteiger partial charge is 0.467 e. The number of ether oxygens (including phenoxy) is 2. The highest BCUT2D eigenvalue weighted by molar-refractivity contribution is 6.01. The van der Waals surface area contributed by atoms with Gasteiger partial charge in [-0.25, -0.2) is 4.79 Å². The zero-order valence-corrected chi connectivity index (χ0v) is 15.6. The van der Waals surface area contributed by atoms with Crippen molar-refractivity contribution in [2.24, 2.45) is 0 Å². The second-order valence-electron chi connectivity index (χ2n) is 7.24. The zero-order chi connectivity index (χ0) is 19.0. The van der Waals surface area contributed by atoms with Crippen LogP contribution in [0.4, 0.5) is 0 Å². The van der Waals surface area contributed by atoms with E-state index in [1.165, 1.54) is 7.11 Å². The fourth-order valence-corrected chi connectivity index (χ4v) is 2.77. The number of carbonyl (C=O) groups excluding carboxylic acids is 4. The lowest BCUT2D eigenvalue weighted by molar-refractivity contribution is -0.156. The predicted octanol–water partition coefficient (Wildman–Crippen LogP) is 2.36. The number of carbonyl (C=O) groups is 4. The molecule has 1 saturated heterocycles. The SMILES string of the molecule is COC(=O)[C@@H]1CCC(=O)N1C(=O)CCCCCCC(=O)OC(C)(C)C. The third-order valence-electron chi connectivity index (χ3n) is 3.90. The Bertz CT molecular complexity index is 508. The van der Waals surface area contributed by atoms with E-state index in [0.717, 1.165) is 17.7 Å². The van der Waals surface area contributed by atoms with Gasteiger partial charge in [-0.3, -0.25) is 19.3 Å². The monoisotopic (exact) mass is 355 g/mol. The van der Waals surface area contributed by atoms with Gasteiger partial charge < -0.3 is 9.47 Å². The number of hydrogen-bond acceptors (Lipinski definition) is 6. The van der Waals surface area contributed by atoms with Gasteiger partial charge in [-0.1, -0.05) is 12.8 Å². The lowest BCUT2D eigenvalue weighted by Crippen LogP contribution is -2.43. The van der Waals surface area contributed by atoms with Crippen LogP contribution in [0.1, 0.15) is 72.1 Å². The number of methoxy groups -OCH3 is 1. The van der Waals surface area contributed by atoms with Crippen LogP contribution >= 0.6 is 0 Å². The number of nitrogens with zero attached hydrogens (tertiary/aromatic N) is 1. The zero-order valence-electron chi connectivity index (χ0n) is 15.6. The van der Waals surface area contributed by atoms with Crippen LogP contribution in [-0.4, -0.2) is 47.4 Å². The Balaban J connectivity index is 2.25. The van der Waals surface area contributed by atoms with E-state index in [4.69, 9.17) is 4.74 Å². The number of imide groups is 1. The van der Waals surface area contributed by atoms with Crippen LogP contribution in [0.3, 0.4) is 0 Å². The molecule has 142 valence electrons. The van der Waals surface area contributed by atoms with E-state index < -0.39 is 17.6 Å². The summed E-state index contributed by atoms with van der Waals surface area (Å²) in [7, 11) is 1.25. The summed E-state index contributed by atoms with van der Waals surface area (Å²) in [6.07, 6.45) is 4.00. The lowest BCUT2D eigenvalue weighted by Gasteiger charge is -2.20. The maximum atomic E-state index is 12.2. The van der Waals surface area contributed by atoms with E-state index in [2.05, 4.69) is 4.74 Å². The van der Waals surface area contributed by atoms with Gasteiger partial charge in [-0.05, 0) is 40.0 Å². The molecule has 1 atom stereocenters. The summed E-state index contributed by atoms with van der Waals surface area (Å²) in [5.41, 5.74) is -0.470. The average Bonchev–Trinajstić information content (AvgIpc) is 2.89. The van der Waals surface area contributed by atoms with Crippen LogP contribution < -0.4 is 0 Å². The normalized spacial score (nSPS) is 17.5. The van der Waals surface area contributed by atoms with Crippen molar-refractivity contribution in [2.75, 3.05) is 7.11 Å². The Labute approximate surface area is 149 Å². The molecule has 1 heterocycles. The smallest absolute Gasteiger partial charge is 0.329 e. The van der Waals surface area contributed by atoms with Crippen LogP contribution in [0.25, 0.3) is 0 Å². The fraction of sp³-hybridized carbons (Fsp3) is 0.778. The highest BCUT2D eigenvalue weighted by Crippen LogP contribution is 2.22. The van der Waals surface area contributed by atoms with E-state index in [-0.39, 0.29) is 30.6 Å². The third-order valence-corrected chi connectivity index (χ3v) is 3.90. The fourth-order valence-electron chi connectivity index (χ4n) is 2.77. The molecule has 7 nitrogen and oxygen atoms in total. The first kappa shape index (κ1) is 21.1. The summed E-state index contributed by atoms with van der Waals surface area (Å²) in [6, 6.07) is -0.780. The molecule has 1 aliphatic heterocycles. The second kappa shape index (κ2) is 9.53. The van der Waals surface area contributed by atoms with Gasteiger partial charge in [0, 0.05) is 19.3 Å². The van der Waals surface area contributed by atoms with Gasteiger partial charge >= 0.3 is 11.9 Å². The number of amides is 2. The number of rotatable bonds is 8. The van der Waals surface area contributed by atoms with Crippen molar-refractivity contribution in [1.82, 2.24) is 4.90 Å². The van der Waals surface area contributed by atoms with Crippen molar-refractivity contribution >= 4 is 23.8 Å². The van der Waals surface area contributed by atoms with E-state index in [1.807, 2.05) is 20.8 Å². The molecule has 0 N–H and O–H groups in total. The summed E-state index contributed by atoms with van der Waals surface area (Å²) in [4.78, 5) is 48.3. The van der Waals surface area contributed by atoms with Gasteiger partial charge in [-0.15, -0.1) is 0 Å². The Kier molecular flexibility index (Phi) is 8.06. The third kappa shape index (κ3) is 7.23. The molecule has 1 aliphatic rings.